The summed E-state index contributed by atoms with van der Waals surface area (Å²) in [4.78, 5) is 27.1. The van der Waals surface area contributed by atoms with Crippen LogP contribution in [0.2, 0.25) is 0 Å². The Hall–Kier alpha value is -2.94. The first kappa shape index (κ1) is 19.8. The number of hydrogen-bond acceptors (Lipinski definition) is 6. The Bertz CT molecular complexity index is 1030. The lowest BCUT2D eigenvalue weighted by molar-refractivity contribution is -0.384. The fraction of sp³-hybridized carbons (Fsp3) is 0.316. The van der Waals surface area contributed by atoms with Crippen LogP contribution in [-0.4, -0.2) is 56.6 Å². The molecule has 0 unspecified atom stereocenters. The molecule has 1 aliphatic rings. The lowest BCUT2D eigenvalue weighted by atomic mass is 10.1. The molecule has 1 aliphatic heterocycles. The second kappa shape index (κ2) is 7.59. The summed E-state index contributed by atoms with van der Waals surface area (Å²) in [6.07, 6.45) is 1.02. The van der Waals surface area contributed by atoms with E-state index in [2.05, 4.69) is 0 Å². The molecule has 148 valence electrons. The summed E-state index contributed by atoms with van der Waals surface area (Å²) in [5.74, 6) is -0.0559. The summed E-state index contributed by atoms with van der Waals surface area (Å²) in [5.41, 5.74) is 1.67. The van der Waals surface area contributed by atoms with Gasteiger partial charge < -0.3 is 9.80 Å². The second-order valence-corrected chi connectivity index (χ2v) is 8.79. The molecule has 0 aromatic heterocycles. The van der Waals surface area contributed by atoms with Crippen LogP contribution >= 0.6 is 0 Å². The zero-order valence-corrected chi connectivity index (χ0v) is 16.5. The van der Waals surface area contributed by atoms with Crippen molar-refractivity contribution in [1.29, 1.82) is 0 Å². The summed E-state index contributed by atoms with van der Waals surface area (Å²) >= 11 is 0. The molecule has 0 saturated carbocycles. The van der Waals surface area contributed by atoms with Crippen molar-refractivity contribution in [3.63, 3.8) is 0 Å². The Morgan fingerprint density at radius 1 is 1.07 bits per heavy atom. The fourth-order valence-corrected chi connectivity index (χ4v) is 3.92. The third-order valence-corrected chi connectivity index (χ3v) is 5.97. The number of carbonyl (C=O) groups excluding carboxylic acids is 1. The number of piperazine rings is 1. The molecule has 8 nitrogen and oxygen atoms in total. The molecule has 0 aliphatic carbocycles. The minimum absolute atomic E-state index is 0.0559. The zero-order chi connectivity index (χ0) is 20.5. The van der Waals surface area contributed by atoms with Crippen LogP contribution in [0.5, 0.6) is 0 Å². The van der Waals surface area contributed by atoms with Crippen LogP contribution in [-0.2, 0) is 9.84 Å². The molecule has 0 N–H and O–H groups in total. The molecule has 28 heavy (non-hydrogen) atoms. The number of sulfone groups is 1. The average Bonchev–Trinajstić information content (AvgIpc) is 2.67. The summed E-state index contributed by atoms with van der Waals surface area (Å²) in [6.45, 7) is 3.60. The lowest BCUT2D eigenvalue weighted by Crippen LogP contribution is -2.49. The number of nitro groups is 1. The number of carbonyl (C=O) groups is 1. The van der Waals surface area contributed by atoms with Crippen LogP contribution in [0.1, 0.15) is 15.9 Å². The molecule has 0 spiro atoms. The van der Waals surface area contributed by atoms with Gasteiger partial charge in [0, 0.05) is 44.1 Å². The molecule has 0 bridgehead atoms. The molecule has 1 heterocycles. The van der Waals surface area contributed by atoms with Gasteiger partial charge >= 0.3 is 0 Å². The molecule has 2 aromatic carbocycles. The van der Waals surface area contributed by atoms with Crippen LogP contribution in [0.4, 0.5) is 11.4 Å². The van der Waals surface area contributed by atoms with Gasteiger partial charge in [-0.05, 0) is 30.7 Å². The smallest absolute Gasteiger partial charge is 0.293 e. The Morgan fingerprint density at radius 2 is 1.71 bits per heavy atom. The minimum Gasteiger partial charge on any atom is -0.362 e. The van der Waals surface area contributed by atoms with E-state index in [1.165, 1.54) is 12.1 Å². The molecule has 0 radical (unpaired) electrons. The molecule has 1 saturated heterocycles. The number of aryl methyl sites for hydroxylation is 1. The Labute approximate surface area is 163 Å². The van der Waals surface area contributed by atoms with Crippen LogP contribution in [0.15, 0.2) is 47.4 Å². The predicted octanol–water partition coefficient (Wildman–Crippen LogP) is 2.27. The molecule has 9 heteroatoms. The summed E-state index contributed by atoms with van der Waals surface area (Å²) in [7, 11) is -3.54. The quantitative estimate of drug-likeness (QED) is 0.573. The van der Waals surface area contributed by atoms with Gasteiger partial charge in [0.05, 0.1) is 9.82 Å². The highest BCUT2D eigenvalue weighted by atomic mass is 32.2. The zero-order valence-electron chi connectivity index (χ0n) is 15.7. The van der Waals surface area contributed by atoms with Gasteiger partial charge in [-0.2, -0.15) is 0 Å². The Morgan fingerprint density at radius 3 is 2.29 bits per heavy atom. The van der Waals surface area contributed by atoms with Crippen LogP contribution in [0.3, 0.4) is 0 Å². The van der Waals surface area contributed by atoms with Gasteiger partial charge in [0.15, 0.2) is 9.84 Å². The highest BCUT2D eigenvalue weighted by Gasteiger charge is 2.28. The van der Waals surface area contributed by atoms with Gasteiger partial charge in [-0.3, -0.25) is 14.9 Å². The van der Waals surface area contributed by atoms with Crippen molar-refractivity contribution < 1.29 is 18.1 Å². The van der Waals surface area contributed by atoms with Gasteiger partial charge in [-0.15, -0.1) is 0 Å². The Kier molecular flexibility index (Phi) is 5.37. The van der Waals surface area contributed by atoms with Crippen molar-refractivity contribution in [1.82, 2.24) is 4.90 Å². The number of anilines is 1. The highest BCUT2D eigenvalue weighted by molar-refractivity contribution is 7.90. The van der Waals surface area contributed by atoms with Crippen molar-refractivity contribution in [2.24, 2.45) is 0 Å². The first-order valence-corrected chi connectivity index (χ1v) is 10.7. The lowest BCUT2D eigenvalue weighted by Gasteiger charge is -2.36. The van der Waals surface area contributed by atoms with E-state index < -0.39 is 14.8 Å². The molecular formula is C19H21N3O5S. The van der Waals surface area contributed by atoms with E-state index >= 15 is 0 Å². The molecule has 0 atom stereocenters. The number of rotatable bonds is 4. The van der Waals surface area contributed by atoms with Gasteiger partial charge in [-0.1, -0.05) is 18.2 Å². The normalized spacial score (nSPS) is 14.8. The largest absolute Gasteiger partial charge is 0.362 e. The van der Waals surface area contributed by atoms with E-state index in [4.69, 9.17) is 0 Å². The topological polar surface area (TPSA) is 101 Å². The third-order valence-electron chi connectivity index (χ3n) is 4.85. The SMILES string of the molecule is Cc1ccccc1C(=O)N1CCN(c2ccc(S(C)(=O)=O)cc2[N+](=O)[O-])CC1. The van der Waals surface area contributed by atoms with Crippen molar-refractivity contribution in [3.05, 3.63) is 63.7 Å². The van der Waals surface area contributed by atoms with Crippen LogP contribution < -0.4 is 4.90 Å². The minimum atomic E-state index is -3.54. The Balaban J connectivity index is 1.79. The summed E-state index contributed by atoms with van der Waals surface area (Å²) in [6, 6.07) is 11.3. The third kappa shape index (κ3) is 3.99. The van der Waals surface area contributed by atoms with E-state index in [0.29, 0.717) is 37.4 Å². The predicted molar refractivity (Wildman–Crippen MR) is 106 cm³/mol. The van der Waals surface area contributed by atoms with E-state index in [-0.39, 0.29) is 16.5 Å². The number of nitrogens with zero attached hydrogens (tertiary/aromatic N) is 3. The summed E-state index contributed by atoms with van der Waals surface area (Å²) in [5, 5.41) is 11.5. The standard InChI is InChI=1S/C19H21N3O5S/c1-14-5-3-4-6-16(14)19(23)21-11-9-20(10-12-21)17-8-7-15(28(2,26)27)13-18(17)22(24)25/h3-8,13H,9-12H2,1-2H3. The van der Waals surface area contributed by atoms with Crippen molar-refractivity contribution in [3.8, 4) is 0 Å². The van der Waals surface area contributed by atoms with E-state index in [9.17, 15) is 23.3 Å². The average molecular weight is 403 g/mol. The van der Waals surface area contributed by atoms with E-state index in [0.717, 1.165) is 17.9 Å². The van der Waals surface area contributed by atoms with Gasteiger partial charge in [0.25, 0.3) is 11.6 Å². The maximum absolute atomic E-state index is 12.7. The number of nitro benzene ring substituents is 1. The maximum atomic E-state index is 12.7. The molecule has 1 fully saturated rings. The van der Waals surface area contributed by atoms with E-state index in [1.807, 2.05) is 30.0 Å². The maximum Gasteiger partial charge on any atom is 0.293 e. The molecule has 1 amide bonds. The molecule has 2 aromatic rings. The first-order chi connectivity index (χ1) is 13.2. The number of amides is 1. The summed E-state index contributed by atoms with van der Waals surface area (Å²) < 4.78 is 23.4. The first-order valence-electron chi connectivity index (χ1n) is 8.77. The van der Waals surface area contributed by atoms with Crippen molar-refractivity contribution in [2.45, 2.75) is 11.8 Å². The van der Waals surface area contributed by atoms with Crippen molar-refractivity contribution >= 4 is 27.1 Å². The monoisotopic (exact) mass is 403 g/mol. The number of hydrogen-bond donors (Lipinski definition) is 0. The molecular weight excluding hydrogens is 382 g/mol. The second-order valence-electron chi connectivity index (χ2n) is 6.77. The molecule has 3 rings (SSSR count). The fourth-order valence-electron chi connectivity index (χ4n) is 3.28. The van der Waals surface area contributed by atoms with Crippen LogP contribution in [0.25, 0.3) is 0 Å². The van der Waals surface area contributed by atoms with Gasteiger partial charge in [0.1, 0.15) is 5.69 Å². The highest BCUT2D eigenvalue weighted by Crippen LogP contribution is 2.31. The van der Waals surface area contributed by atoms with Gasteiger partial charge in [0.2, 0.25) is 0 Å². The van der Waals surface area contributed by atoms with Crippen LogP contribution in [0, 0.1) is 17.0 Å². The van der Waals surface area contributed by atoms with Crippen molar-refractivity contribution in [2.75, 3.05) is 37.3 Å². The van der Waals surface area contributed by atoms with Gasteiger partial charge in [-0.25, -0.2) is 8.42 Å². The number of benzene rings is 2. The van der Waals surface area contributed by atoms with E-state index in [1.54, 1.807) is 11.0 Å².